The summed E-state index contributed by atoms with van der Waals surface area (Å²) in [5.74, 6) is -1.66. The van der Waals surface area contributed by atoms with Gasteiger partial charge in [-0.15, -0.1) is 0 Å². The first-order valence-corrected chi connectivity index (χ1v) is 10.5. The van der Waals surface area contributed by atoms with E-state index in [0.29, 0.717) is 28.9 Å². The Morgan fingerprint density at radius 1 is 1.21 bits per heavy atom. The van der Waals surface area contributed by atoms with Crippen LogP contribution in [0.15, 0.2) is 54.7 Å². The van der Waals surface area contributed by atoms with Crippen molar-refractivity contribution in [3.8, 4) is 17.0 Å². The Bertz CT molecular complexity index is 1280. The maximum Gasteiger partial charge on any atom is 0.422 e. The molecule has 0 N–H and O–H groups in total. The second-order valence-corrected chi connectivity index (χ2v) is 8.20. The third kappa shape index (κ3) is 4.84. The maximum atomic E-state index is 13.2. The summed E-state index contributed by atoms with van der Waals surface area (Å²) in [5, 5.41) is 11.1. The van der Waals surface area contributed by atoms with Crippen molar-refractivity contribution < 1.29 is 32.6 Å². The number of aromatic nitrogens is 1. The Morgan fingerprint density at radius 3 is 2.65 bits per heavy atom. The largest absolute Gasteiger partial charge is 0.545 e. The summed E-state index contributed by atoms with van der Waals surface area (Å²) < 4.78 is 41.9. The van der Waals surface area contributed by atoms with Crippen LogP contribution >= 0.6 is 11.6 Å². The zero-order valence-corrected chi connectivity index (χ0v) is 18.5. The molecule has 1 aliphatic heterocycles. The number of carboxylic acids is 1. The fourth-order valence-corrected chi connectivity index (χ4v) is 3.99. The second-order valence-electron chi connectivity index (χ2n) is 7.79. The summed E-state index contributed by atoms with van der Waals surface area (Å²) in [4.78, 5) is 30.1. The standard InChI is InChI=1S/C24H18ClF3N2O4/c1-13(14-4-5-21(19(25)9-14)34-12-24(26,27)28)30-11-17-3-2-15(8-18(17)22(30)31)20-10-16(23(32)33)6-7-29-20/h2-10,13H,11-12H2,1H3,(H,32,33)/p-1. The van der Waals surface area contributed by atoms with Crippen molar-refractivity contribution >= 4 is 23.5 Å². The molecule has 1 amide bonds. The van der Waals surface area contributed by atoms with Crippen molar-refractivity contribution in [3.63, 3.8) is 0 Å². The molecule has 0 saturated carbocycles. The zero-order chi connectivity index (χ0) is 24.6. The third-order valence-electron chi connectivity index (χ3n) is 5.53. The van der Waals surface area contributed by atoms with Gasteiger partial charge < -0.3 is 19.5 Å². The van der Waals surface area contributed by atoms with Crippen LogP contribution in [0.2, 0.25) is 5.02 Å². The lowest BCUT2D eigenvalue weighted by atomic mass is 10.0. The number of nitrogens with zero attached hydrogens (tertiary/aromatic N) is 2. The number of amides is 1. The van der Waals surface area contributed by atoms with E-state index in [1.165, 1.54) is 30.5 Å². The van der Waals surface area contributed by atoms with E-state index in [9.17, 15) is 27.9 Å². The number of alkyl halides is 3. The number of hydrogen-bond donors (Lipinski definition) is 0. The molecule has 176 valence electrons. The molecule has 0 fully saturated rings. The number of ether oxygens (including phenoxy) is 1. The molecule has 10 heteroatoms. The quantitative estimate of drug-likeness (QED) is 0.512. The molecule has 0 aliphatic carbocycles. The van der Waals surface area contributed by atoms with Crippen molar-refractivity contribution in [1.29, 1.82) is 0 Å². The predicted octanol–water partition coefficient (Wildman–Crippen LogP) is 4.42. The van der Waals surface area contributed by atoms with Crippen LogP contribution in [0.4, 0.5) is 13.2 Å². The third-order valence-corrected chi connectivity index (χ3v) is 5.83. The van der Waals surface area contributed by atoms with Crippen molar-refractivity contribution in [1.82, 2.24) is 9.88 Å². The Kier molecular flexibility index (Phi) is 6.22. The highest BCUT2D eigenvalue weighted by Gasteiger charge is 2.32. The summed E-state index contributed by atoms with van der Waals surface area (Å²) in [6.45, 7) is 0.661. The molecule has 34 heavy (non-hydrogen) atoms. The minimum atomic E-state index is -4.48. The Balaban J connectivity index is 1.55. The fraction of sp³-hybridized carbons (Fsp3) is 0.208. The molecule has 0 radical (unpaired) electrons. The van der Waals surface area contributed by atoms with Crippen molar-refractivity contribution in [2.75, 3.05) is 6.61 Å². The number of fused-ring (bicyclic) bond motifs is 1. The van der Waals surface area contributed by atoms with E-state index >= 15 is 0 Å². The van der Waals surface area contributed by atoms with Gasteiger partial charge in [0.15, 0.2) is 6.61 Å². The monoisotopic (exact) mass is 489 g/mol. The minimum Gasteiger partial charge on any atom is -0.545 e. The van der Waals surface area contributed by atoms with Gasteiger partial charge in [0.2, 0.25) is 0 Å². The number of carbonyl (C=O) groups is 2. The average Bonchev–Trinajstić information content (AvgIpc) is 3.13. The number of hydrogen-bond acceptors (Lipinski definition) is 5. The van der Waals surface area contributed by atoms with Crippen molar-refractivity contribution in [3.05, 3.63) is 82.0 Å². The van der Waals surface area contributed by atoms with Gasteiger partial charge in [0.1, 0.15) is 5.75 Å². The van der Waals surface area contributed by atoms with Crippen LogP contribution < -0.4 is 9.84 Å². The highest BCUT2D eigenvalue weighted by Crippen LogP contribution is 2.36. The fourth-order valence-electron chi connectivity index (χ4n) is 3.74. The number of halogens is 4. The number of pyridine rings is 1. The molecule has 1 unspecified atom stereocenters. The number of aromatic carboxylic acids is 1. The van der Waals surface area contributed by atoms with Crippen molar-refractivity contribution in [2.24, 2.45) is 0 Å². The first kappa shape index (κ1) is 23.6. The molecule has 4 rings (SSSR count). The summed E-state index contributed by atoms with van der Waals surface area (Å²) in [7, 11) is 0. The van der Waals surface area contributed by atoms with Crippen LogP contribution in [-0.4, -0.2) is 34.5 Å². The smallest absolute Gasteiger partial charge is 0.422 e. The molecule has 0 bridgehead atoms. The van der Waals surface area contributed by atoms with Gasteiger partial charge in [0.25, 0.3) is 5.91 Å². The van der Waals surface area contributed by atoms with Gasteiger partial charge in [0, 0.05) is 29.4 Å². The molecular formula is C24H17ClF3N2O4-. The topological polar surface area (TPSA) is 82.6 Å². The van der Waals surface area contributed by atoms with Crippen LogP contribution in [0.1, 0.15) is 44.8 Å². The second kappa shape index (κ2) is 8.98. The van der Waals surface area contributed by atoms with E-state index in [1.54, 1.807) is 36.1 Å². The number of carboxylic acid groups (broad SMARTS) is 1. The van der Waals surface area contributed by atoms with Gasteiger partial charge in [-0.05, 0) is 48.4 Å². The summed E-state index contributed by atoms with van der Waals surface area (Å²) in [5.41, 5.74) is 2.83. The molecule has 1 aliphatic rings. The molecule has 2 heterocycles. The van der Waals surface area contributed by atoms with Gasteiger partial charge in [-0.3, -0.25) is 9.78 Å². The molecule has 1 aromatic heterocycles. The lowest BCUT2D eigenvalue weighted by Crippen LogP contribution is -2.27. The lowest BCUT2D eigenvalue weighted by molar-refractivity contribution is -0.255. The van der Waals surface area contributed by atoms with E-state index in [2.05, 4.69) is 4.98 Å². The number of rotatable bonds is 6. The highest BCUT2D eigenvalue weighted by molar-refractivity contribution is 6.32. The van der Waals surface area contributed by atoms with E-state index in [1.807, 2.05) is 0 Å². The molecule has 3 aromatic rings. The van der Waals surface area contributed by atoms with Gasteiger partial charge in [0.05, 0.1) is 22.7 Å². The highest BCUT2D eigenvalue weighted by atomic mass is 35.5. The van der Waals surface area contributed by atoms with Crippen LogP contribution in [-0.2, 0) is 6.54 Å². The molecule has 1 atom stereocenters. The molecule has 6 nitrogen and oxygen atoms in total. The van der Waals surface area contributed by atoms with Crippen LogP contribution in [0, 0.1) is 0 Å². The number of benzene rings is 2. The van der Waals surface area contributed by atoms with Gasteiger partial charge in [-0.1, -0.05) is 29.8 Å². The predicted molar refractivity (Wildman–Crippen MR) is 115 cm³/mol. The van der Waals surface area contributed by atoms with E-state index in [4.69, 9.17) is 16.3 Å². The molecule has 0 spiro atoms. The zero-order valence-electron chi connectivity index (χ0n) is 17.7. The Morgan fingerprint density at radius 2 is 1.97 bits per heavy atom. The Hall–Kier alpha value is -3.59. The normalized spacial score (nSPS) is 14.1. The summed E-state index contributed by atoms with van der Waals surface area (Å²) >= 11 is 6.11. The van der Waals surface area contributed by atoms with Crippen LogP contribution in [0.5, 0.6) is 5.75 Å². The van der Waals surface area contributed by atoms with Gasteiger partial charge >= 0.3 is 6.18 Å². The van der Waals surface area contributed by atoms with E-state index in [0.717, 1.165) is 5.56 Å². The Labute approximate surface area is 197 Å². The molecule has 0 saturated heterocycles. The SMILES string of the molecule is CC(c1ccc(OCC(F)(F)F)c(Cl)c1)N1Cc2ccc(-c3cc(C(=O)[O-])ccn3)cc2C1=O. The maximum absolute atomic E-state index is 13.2. The minimum absolute atomic E-state index is 0.0129. The first-order valence-electron chi connectivity index (χ1n) is 10.1. The number of carbonyl (C=O) groups excluding carboxylic acids is 2. The van der Waals surface area contributed by atoms with Crippen molar-refractivity contribution in [2.45, 2.75) is 25.7 Å². The first-order chi connectivity index (χ1) is 16.0. The van der Waals surface area contributed by atoms with Gasteiger partial charge in [-0.25, -0.2) is 0 Å². The van der Waals surface area contributed by atoms with Crippen LogP contribution in [0.25, 0.3) is 11.3 Å². The summed E-state index contributed by atoms with van der Waals surface area (Å²) in [6, 6.07) is 11.9. The van der Waals surface area contributed by atoms with Crippen LogP contribution in [0.3, 0.4) is 0 Å². The lowest BCUT2D eigenvalue weighted by Gasteiger charge is -2.25. The van der Waals surface area contributed by atoms with E-state index in [-0.39, 0.29) is 22.2 Å². The average molecular weight is 490 g/mol. The van der Waals surface area contributed by atoms with Gasteiger partial charge in [-0.2, -0.15) is 13.2 Å². The molecular weight excluding hydrogens is 473 g/mol. The van der Waals surface area contributed by atoms with E-state index < -0.39 is 24.8 Å². The summed E-state index contributed by atoms with van der Waals surface area (Å²) in [6.07, 6.45) is -3.13. The molecule has 2 aromatic carbocycles.